The summed E-state index contributed by atoms with van der Waals surface area (Å²) in [6.45, 7) is 1.48. The second-order valence-corrected chi connectivity index (χ2v) is 8.42. The number of likely N-dealkylation sites (tertiary alicyclic amines) is 1. The number of nitrogens with zero attached hydrogens (tertiary/aromatic N) is 1. The van der Waals surface area contributed by atoms with E-state index >= 15 is 0 Å². The van der Waals surface area contributed by atoms with Gasteiger partial charge in [-0.05, 0) is 43.2 Å². The number of carbonyl (C=O) groups excluding carboxylic acids is 1. The van der Waals surface area contributed by atoms with E-state index in [9.17, 15) is 9.90 Å². The smallest absolute Gasteiger partial charge is 0.225 e. The zero-order valence-electron chi connectivity index (χ0n) is 16.7. The Balaban J connectivity index is 0.00000240. The second-order valence-electron chi connectivity index (χ2n) is 8.42. The van der Waals surface area contributed by atoms with Crippen molar-refractivity contribution in [2.45, 2.75) is 49.7 Å². The fourth-order valence-electron chi connectivity index (χ4n) is 5.05. The van der Waals surface area contributed by atoms with Crippen LogP contribution in [0.2, 0.25) is 0 Å². The van der Waals surface area contributed by atoms with E-state index in [0.717, 1.165) is 25.8 Å². The highest BCUT2D eigenvalue weighted by atomic mass is 35.5. The topological polar surface area (TPSA) is 66.6 Å². The van der Waals surface area contributed by atoms with Crippen LogP contribution in [0, 0.1) is 5.92 Å². The number of amides is 1. The Labute approximate surface area is 179 Å². The van der Waals surface area contributed by atoms with Crippen molar-refractivity contribution >= 4 is 18.3 Å². The van der Waals surface area contributed by atoms with E-state index in [0.29, 0.717) is 19.4 Å². The van der Waals surface area contributed by atoms with E-state index in [1.54, 1.807) is 0 Å². The lowest BCUT2D eigenvalue weighted by Crippen LogP contribution is -2.52. The molecule has 4 nitrogen and oxygen atoms in total. The summed E-state index contributed by atoms with van der Waals surface area (Å²) in [5.74, 6) is 0.0685. The Morgan fingerprint density at radius 1 is 1.00 bits per heavy atom. The summed E-state index contributed by atoms with van der Waals surface area (Å²) in [4.78, 5) is 15.4. The molecule has 1 heterocycles. The van der Waals surface area contributed by atoms with Crippen LogP contribution in [0.25, 0.3) is 0 Å². The van der Waals surface area contributed by atoms with Gasteiger partial charge in [-0.25, -0.2) is 0 Å². The van der Waals surface area contributed by atoms with Gasteiger partial charge in [-0.2, -0.15) is 0 Å². The van der Waals surface area contributed by atoms with Crippen molar-refractivity contribution in [1.29, 1.82) is 0 Å². The SMILES string of the molecule is Cl.N[C@@H]1CC[C@H](C(=O)N2CCCC(c3ccccc3)(c3ccccc3)C2)C[C@H]1O. The van der Waals surface area contributed by atoms with Crippen LogP contribution in [0.4, 0.5) is 0 Å². The van der Waals surface area contributed by atoms with Crippen LogP contribution in [-0.2, 0) is 10.2 Å². The van der Waals surface area contributed by atoms with Gasteiger partial charge in [-0.3, -0.25) is 4.79 Å². The van der Waals surface area contributed by atoms with Crippen LogP contribution in [0.3, 0.4) is 0 Å². The normalized spacial score (nSPS) is 26.4. The van der Waals surface area contributed by atoms with Gasteiger partial charge in [0.25, 0.3) is 0 Å². The van der Waals surface area contributed by atoms with E-state index in [1.807, 2.05) is 17.0 Å². The quantitative estimate of drug-likeness (QED) is 0.807. The van der Waals surface area contributed by atoms with Gasteiger partial charge in [-0.15, -0.1) is 12.4 Å². The van der Waals surface area contributed by atoms with Crippen LogP contribution in [0.5, 0.6) is 0 Å². The molecule has 0 spiro atoms. The van der Waals surface area contributed by atoms with Crippen LogP contribution in [0.15, 0.2) is 60.7 Å². The number of carbonyl (C=O) groups is 1. The molecule has 4 rings (SSSR count). The second kappa shape index (κ2) is 9.29. The molecule has 1 aliphatic heterocycles. The maximum Gasteiger partial charge on any atom is 0.225 e. The lowest BCUT2D eigenvalue weighted by Gasteiger charge is -2.45. The molecule has 5 heteroatoms. The third kappa shape index (κ3) is 4.35. The molecule has 3 atom stereocenters. The number of halogens is 1. The molecule has 1 saturated carbocycles. The summed E-state index contributed by atoms with van der Waals surface area (Å²) in [7, 11) is 0. The summed E-state index contributed by atoms with van der Waals surface area (Å²) in [5.41, 5.74) is 8.29. The van der Waals surface area contributed by atoms with E-state index in [2.05, 4.69) is 48.5 Å². The van der Waals surface area contributed by atoms with Crippen molar-refractivity contribution in [2.75, 3.05) is 13.1 Å². The fraction of sp³-hybridized carbons (Fsp3) is 0.458. The zero-order valence-corrected chi connectivity index (χ0v) is 17.6. The third-order valence-electron chi connectivity index (χ3n) is 6.67. The van der Waals surface area contributed by atoms with Gasteiger partial charge in [0.15, 0.2) is 0 Å². The molecule has 2 aliphatic rings. The number of hydrogen-bond donors (Lipinski definition) is 2. The summed E-state index contributed by atoms with van der Waals surface area (Å²) < 4.78 is 0. The highest BCUT2D eigenvalue weighted by Gasteiger charge is 2.42. The molecule has 2 aromatic carbocycles. The maximum atomic E-state index is 13.3. The number of piperidine rings is 1. The number of hydrogen-bond acceptors (Lipinski definition) is 3. The summed E-state index contributed by atoms with van der Waals surface area (Å²) in [6, 6.07) is 21.0. The standard InChI is InChI=1S/C24H30N2O2.ClH/c25-21-13-12-18(16-22(21)27)23(28)26-15-7-14-24(17-26,19-8-3-1-4-9-19)20-10-5-2-6-11-20;/h1-6,8-11,18,21-22,27H,7,12-17,25H2;1H/t18-,21+,22+;/m0./s1. The molecular formula is C24H31ClN2O2. The fourth-order valence-corrected chi connectivity index (χ4v) is 5.05. The number of rotatable bonds is 3. The predicted octanol–water partition coefficient (Wildman–Crippen LogP) is 3.51. The summed E-state index contributed by atoms with van der Waals surface area (Å²) in [6.07, 6.45) is 3.42. The van der Waals surface area contributed by atoms with Crippen molar-refractivity contribution < 1.29 is 9.90 Å². The molecule has 2 aromatic rings. The molecule has 0 bridgehead atoms. The molecule has 1 saturated heterocycles. The highest BCUT2D eigenvalue weighted by molar-refractivity contribution is 5.85. The van der Waals surface area contributed by atoms with Crippen molar-refractivity contribution in [2.24, 2.45) is 11.7 Å². The van der Waals surface area contributed by atoms with Gasteiger partial charge >= 0.3 is 0 Å². The lowest BCUT2D eigenvalue weighted by molar-refractivity contribution is -0.140. The first-order valence-corrected chi connectivity index (χ1v) is 10.4. The Bertz CT molecular complexity index is 760. The Morgan fingerprint density at radius 2 is 1.59 bits per heavy atom. The van der Waals surface area contributed by atoms with E-state index in [4.69, 9.17) is 5.73 Å². The van der Waals surface area contributed by atoms with Crippen molar-refractivity contribution in [1.82, 2.24) is 4.90 Å². The van der Waals surface area contributed by atoms with Gasteiger partial charge in [-0.1, -0.05) is 60.7 Å². The summed E-state index contributed by atoms with van der Waals surface area (Å²) >= 11 is 0. The number of aliphatic hydroxyl groups excluding tert-OH is 1. The minimum absolute atomic E-state index is 0. The van der Waals surface area contributed by atoms with E-state index < -0.39 is 6.10 Å². The minimum Gasteiger partial charge on any atom is -0.391 e. The molecule has 2 fully saturated rings. The molecule has 1 aliphatic carbocycles. The van der Waals surface area contributed by atoms with Gasteiger partial charge in [0.2, 0.25) is 5.91 Å². The maximum absolute atomic E-state index is 13.3. The average molecular weight is 415 g/mol. The van der Waals surface area contributed by atoms with Crippen molar-refractivity contribution in [3.63, 3.8) is 0 Å². The molecule has 29 heavy (non-hydrogen) atoms. The molecule has 1 amide bonds. The monoisotopic (exact) mass is 414 g/mol. The summed E-state index contributed by atoms with van der Waals surface area (Å²) in [5, 5.41) is 10.2. The Kier molecular flexibility index (Phi) is 6.99. The van der Waals surface area contributed by atoms with Gasteiger partial charge in [0.1, 0.15) is 0 Å². The molecule has 3 N–H and O–H groups in total. The van der Waals surface area contributed by atoms with Gasteiger partial charge < -0.3 is 15.7 Å². The molecular weight excluding hydrogens is 384 g/mol. The van der Waals surface area contributed by atoms with Crippen LogP contribution >= 0.6 is 12.4 Å². The first-order chi connectivity index (χ1) is 13.6. The third-order valence-corrected chi connectivity index (χ3v) is 6.67. The van der Waals surface area contributed by atoms with E-state index in [-0.39, 0.29) is 35.7 Å². The van der Waals surface area contributed by atoms with Crippen molar-refractivity contribution in [3.05, 3.63) is 71.8 Å². The first kappa shape index (κ1) is 21.8. The Morgan fingerprint density at radius 3 is 2.14 bits per heavy atom. The largest absolute Gasteiger partial charge is 0.391 e. The van der Waals surface area contributed by atoms with Crippen LogP contribution in [-0.4, -0.2) is 41.1 Å². The van der Waals surface area contributed by atoms with Gasteiger partial charge in [0.05, 0.1) is 6.10 Å². The van der Waals surface area contributed by atoms with Crippen LogP contribution < -0.4 is 5.73 Å². The average Bonchev–Trinajstić information content (AvgIpc) is 2.76. The lowest BCUT2D eigenvalue weighted by atomic mass is 9.69. The molecule has 0 radical (unpaired) electrons. The molecule has 0 unspecified atom stereocenters. The van der Waals surface area contributed by atoms with E-state index in [1.165, 1.54) is 11.1 Å². The number of benzene rings is 2. The Hall–Kier alpha value is -1.88. The predicted molar refractivity (Wildman–Crippen MR) is 118 cm³/mol. The number of nitrogens with two attached hydrogens (primary N) is 1. The molecule has 0 aromatic heterocycles. The molecule has 156 valence electrons. The van der Waals surface area contributed by atoms with Crippen molar-refractivity contribution in [3.8, 4) is 0 Å². The zero-order chi connectivity index (χ0) is 19.6. The van der Waals surface area contributed by atoms with Gasteiger partial charge in [0, 0.05) is 30.5 Å². The minimum atomic E-state index is -0.569. The first-order valence-electron chi connectivity index (χ1n) is 10.4. The van der Waals surface area contributed by atoms with Crippen LogP contribution in [0.1, 0.15) is 43.2 Å². The highest BCUT2D eigenvalue weighted by Crippen LogP contribution is 2.41. The number of aliphatic hydroxyl groups is 1.